The van der Waals surface area contributed by atoms with E-state index < -0.39 is 0 Å². The average Bonchev–Trinajstić information content (AvgIpc) is 0.827. The van der Waals surface area contributed by atoms with E-state index in [1.807, 2.05) is 57.2 Å². The van der Waals surface area contributed by atoms with E-state index in [1.165, 1.54) is 177 Å². The fraction of sp³-hybridized carbons (Fsp3) is 0.229. The summed E-state index contributed by atoms with van der Waals surface area (Å²) >= 11 is 0. The zero-order valence-corrected chi connectivity index (χ0v) is 71.6. The second kappa shape index (κ2) is 45.3. The van der Waals surface area contributed by atoms with Gasteiger partial charge in [-0.15, -0.1) is 0 Å². The molecule has 0 aliphatic rings. The van der Waals surface area contributed by atoms with Gasteiger partial charge in [-0.25, -0.2) is 17.6 Å². The Hall–Kier alpha value is -11.2. The van der Waals surface area contributed by atoms with Gasteiger partial charge in [-0.1, -0.05) is 319 Å². The van der Waals surface area contributed by atoms with Crippen LogP contribution in [0.3, 0.4) is 0 Å². The molecule has 14 aromatic rings. The van der Waals surface area contributed by atoms with Gasteiger partial charge in [0.2, 0.25) is 0 Å². The molecule has 0 atom stereocenters. The van der Waals surface area contributed by atoms with Crippen molar-refractivity contribution in [3.8, 4) is 55.6 Å². The fourth-order valence-corrected chi connectivity index (χ4v) is 12.8. The Morgan fingerprint density at radius 3 is 0.823 bits per heavy atom. The van der Waals surface area contributed by atoms with Gasteiger partial charge in [-0.2, -0.15) is 0 Å². The third kappa shape index (κ3) is 29.8. The van der Waals surface area contributed by atoms with Gasteiger partial charge in [0.15, 0.2) is 0 Å². The maximum atomic E-state index is 13.6. The van der Waals surface area contributed by atoms with Crippen LogP contribution in [0.15, 0.2) is 285 Å². The Labute approximate surface area is 677 Å². The summed E-state index contributed by atoms with van der Waals surface area (Å²) in [5.74, 6) is -0.973. The van der Waals surface area contributed by atoms with Crippen LogP contribution in [0.4, 0.5) is 17.6 Å². The minimum Gasteiger partial charge on any atom is -0.207 e. The molecule has 0 spiro atoms. The van der Waals surface area contributed by atoms with Crippen LogP contribution in [0.25, 0.3) is 55.6 Å². The molecular formula is C109H120F4. The first kappa shape index (κ1) is 90.7. The van der Waals surface area contributed by atoms with E-state index in [2.05, 4.69) is 330 Å². The van der Waals surface area contributed by atoms with Gasteiger partial charge >= 0.3 is 0 Å². The predicted molar refractivity (Wildman–Crippen MR) is 483 cm³/mol. The first-order chi connectivity index (χ1) is 53.7. The summed E-state index contributed by atoms with van der Waals surface area (Å²) in [5.41, 5.74) is 40.0. The Balaban J connectivity index is 0.000000199. The first-order valence-corrected chi connectivity index (χ1v) is 39.4. The quantitative estimate of drug-likeness (QED) is 0.140. The summed E-state index contributed by atoms with van der Waals surface area (Å²) in [7, 11) is 0. The maximum Gasteiger partial charge on any atom is 0.131 e. The molecular weight excluding hydrogens is 1390 g/mol. The highest BCUT2D eigenvalue weighted by molar-refractivity contribution is 5.72. The van der Waals surface area contributed by atoms with Crippen molar-refractivity contribution in [3.63, 3.8) is 0 Å². The molecule has 0 aliphatic carbocycles. The summed E-state index contributed by atoms with van der Waals surface area (Å²) < 4.78 is 51.4. The van der Waals surface area contributed by atoms with E-state index in [4.69, 9.17) is 0 Å². The topological polar surface area (TPSA) is 0 Å². The highest BCUT2D eigenvalue weighted by atomic mass is 19.1. The Kier molecular flexibility index (Phi) is 36.4. The van der Waals surface area contributed by atoms with Crippen molar-refractivity contribution in [3.05, 3.63) is 436 Å². The molecule has 0 aliphatic heterocycles. The third-order valence-corrected chi connectivity index (χ3v) is 19.9. The standard InChI is InChI=1S/C16H18.C14H13F.3C14H14.C12H18.C9H12.C8H8F2.C8H9F/c1-11-5-7-15(13(3)9-11)16-8-6-12(2)10-14(16)4;1-10-4-3-5-12(8-10)13-9-11(2)6-7-14(13)15;1-11-3-7-13(8-4-11)14-9-5-12(2)6-10-14;1-11-5-3-7-13(9-11)14-8-4-6-12(2)10-14;1-11-7-3-5-9-13(11)14-10-6-4-8-12(14)2;1-5-11-7-10(4)12(6-2)8-9(11)3;1-7-4-5-8(2)9(3)6-7;1-5-3-8(10)6(2)4-7(5)9;1-6-3-4-7(2)8(9)5-6/h5-10H,1-4H3;3-9H,1-2H3;3*3-10H,1-2H3;7-8H,5-6H2,1-4H3;4-6H,1-3H3;3-4H,1-2H3;3-5H,1-2H3. The number of hydrogen-bond acceptors (Lipinski definition) is 0. The molecule has 0 unspecified atom stereocenters. The van der Waals surface area contributed by atoms with E-state index in [1.54, 1.807) is 19.1 Å². The van der Waals surface area contributed by atoms with Gasteiger partial charge < -0.3 is 0 Å². The van der Waals surface area contributed by atoms with E-state index >= 15 is 0 Å². The summed E-state index contributed by atoms with van der Waals surface area (Å²) in [6.45, 7) is 47.4. The summed E-state index contributed by atoms with van der Waals surface area (Å²) in [6, 6.07) is 96.6. The number of hydrogen-bond donors (Lipinski definition) is 0. The van der Waals surface area contributed by atoms with Crippen molar-refractivity contribution in [1.82, 2.24) is 0 Å². The van der Waals surface area contributed by atoms with Crippen LogP contribution in [0, 0.1) is 169 Å². The van der Waals surface area contributed by atoms with Crippen molar-refractivity contribution < 1.29 is 17.6 Å². The number of halogens is 4. The third-order valence-electron chi connectivity index (χ3n) is 19.9. The van der Waals surface area contributed by atoms with Crippen LogP contribution in [-0.2, 0) is 12.8 Å². The van der Waals surface area contributed by atoms with E-state index in [-0.39, 0.29) is 23.3 Å². The Bertz CT molecular complexity index is 5030. The van der Waals surface area contributed by atoms with Crippen LogP contribution in [0.2, 0.25) is 0 Å². The summed E-state index contributed by atoms with van der Waals surface area (Å²) in [6.07, 6.45) is 2.30. The lowest BCUT2D eigenvalue weighted by atomic mass is 9.94. The van der Waals surface area contributed by atoms with Crippen LogP contribution < -0.4 is 0 Å². The van der Waals surface area contributed by atoms with Crippen LogP contribution in [-0.4, -0.2) is 0 Å². The molecule has 0 fully saturated rings. The Morgan fingerprint density at radius 2 is 0.469 bits per heavy atom. The maximum absolute atomic E-state index is 13.6. The zero-order chi connectivity index (χ0) is 83.0. The number of benzene rings is 14. The van der Waals surface area contributed by atoms with Crippen LogP contribution in [0.5, 0.6) is 0 Å². The second-order valence-electron chi connectivity index (χ2n) is 30.2. The van der Waals surface area contributed by atoms with Crippen LogP contribution >= 0.6 is 0 Å². The minimum atomic E-state index is -0.348. The van der Waals surface area contributed by atoms with Crippen molar-refractivity contribution in [2.45, 2.75) is 172 Å². The normalized spacial score (nSPS) is 10.2. The van der Waals surface area contributed by atoms with Gasteiger partial charge in [0.05, 0.1) is 0 Å². The molecule has 14 aromatic carbocycles. The van der Waals surface area contributed by atoms with E-state index in [0.29, 0.717) is 22.3 Å². The SMILES string of the molecule is CCc1cc(C)c(CC)cc1C.Cc1cc(F)c(C)cc1F.Cc1ccc(-c2ccc(C)cc2)cc1.Cc1ccc(-c2ccc(C)cc2C)c(C)c1.Cc1ccc(C)c(C)c1.Cc1ccc(C)c(F)c1.Cc1cccc(-c2cc(C)ccc2F)c1.Cc1cccc(-c2cccc(C)c2)c1.Cc1ccccc1-c1ccccc1C. The molecule has 0 heterocycles. The molecule has 0 nitrogen and oxygen atoms in total. The van der Waals surface area contributed by atoms with Crippen molar-refractivity contribution in [1.29, 1.82) is 0 Å². The summed E-state index contributed by atoms with van der Waals surface area (Å²) in [4.78, 5) is 0. The molecule has 0 radical (unpaired) electrons. The largest absolute Gasteiger partial charge is 0.207 e. The van der Waals surface area contributed by atoms with Crippen molar-refractivity contribution in [2.24, 2.45) is 0 Å². The molecule has 0 aromatic heterocycles. The lowest BCUT2D eigenvalue weighted by molar-refractivity contribution is 0.585. The molecule has 0 saturated heterocycles. The zero-order valence-electron chi connectivity index (χ0n) is 71.6. The molecule has 0 amide bonds. The van der Waals surface area contributed by atoms with Gasteiger partial charge in [-0.05, 0) is 317 Å². The van der Waals surface area contributed by atoms with Gasteiger partial charge in [0, 0.05) is 5.56 Å². The first-order valence-electron chi connectivity index (χ1n) is 39.4. The highest BCUT2D eigenvalue weighted by Crippen LogP contribution is 2.30. The lowest BCUT2D eigenvalue weighted by Crippen LogP contribution is -1.93. The average molecular weight is 1510 g/mol. The summed E-state index contributed by atoms with van der Waals surface area (Å²) in [5, 5.41) is 0. The van der Waals surface area contributed by atoms with Gasteiger partial charge in [-0.3, -0.25) is 0 Å². The number of aryl methyl sites for hydroxylation is 23. The molecule has 0 saturated carbocycles. The van der Waals surface area contributed by atoms with Gasteiger partial charge in [0.25, 0.3) is 0 Å². The Morgan fingerprint density at radius 1 is 0.159 bits per heavy atom. The van der Waals surface area contributed by atoms with Crippen molar-refractivity contribution >= 4 is 0 Å². The molecule has 0 N–H and O–H groups in total. The molecule has 0 bridgehead atoms. The van der Waals surface area contributed by atoms with Crippen LogP contribution in [0.1, 0.15) is 142 Å². The second-order valence-corrected chi connectivity index (χ2v) is 30.2. The van der Waals surface area contributed by atoms with E-state index in [0.717, 1.165) is 35.1 Å². The fourth-order valence-electron chi connectivity index (χ4n) is 12.8. The van der Waals surface area contributed by atoms with E-state index in [9.17, 15) is 17.6 Å². The predicted octanol–water partition coefficient (Wildman–Crippen LogP) is 31.7. The van der Waals surface area contributed by atoms with Gasteiger partial charge in [0.1, 0.15) is 23.3 Å². The highest BCUT2D eigenvalue weighted by Gasteiger charge is 2.09. The smallest absolute Gasteiger partial charge is 0.131 e. The lowest BCUT2D eigenvalue weighted by Gasteiger charge is -2.10. The molecule has 584 valence electrons. The monoisotopic (exact) mass is 1500 g/mol. The molecule has 113 heavy (non-hydrogen) atoms. The molecule has 4 heteroatoms. The van der Waals surface area contributed by atoms with Crippen molar-refractivity contribution in [2.75, 3.05) is 0 Å². The molecule has 14 rings (SSSR count). The number of rotatable bonds is 7. The minimum absolute atomic E-state index is 0.116.